The first-order chi connectivity index (χ1) is 7.56. The van der Waals surface area contributed by atoms with Gasteiger partial charge in [-0.05, 0) is 44.8 Å². The molecule has 0 aliphatic rings. The standard InChI is InChI=1S/C10H9Br2NOS2/c1-5-13-6(4-15-5)2-8(14)7-3-9(11)16-10(7)12/h3-4,8,14H,2H2,1H3. The molecule has 1 N–H and O–H groups in total. The number of thiazole rings is 1. The van der Waals surface area contributed by atoms with Gasteiger partial charge in [-0.1, -0.05) is 0 Å². The lowest BCUT2D eigenvalue weighted by Gasteiger charge is -2.07. The third-order valence-corrected chi connectivity index (χ3v) is 5.32. The summed E-state index contributed by atoms with van der Waals surface area (Å²) in [6.45, 7) is 1.97. The Morgan fingerprint density at radius 1 is 1.50 bits per heavy atom. The predicted molar refractivity (Wildman–Crippen MR) is 75.2 cm³/mol. The summed E-state index contributed by atoms with van der Waals surface area (Å²) >= 11 is 10.0. The Bertz CT molecular complexity index is 495. The van der Waals surface area contributed by atoms with E-state index in [1.165, 1.54) is 0 Å². The summed E-state index contributed by atoms with van der Waals surface area (Å²) in [5, 5.41) is 13.1. The molecule has 0 spiro atoms. The van der Waals surface area contributed by atoms with E-state index < -0.39 is 6.10 Å². The van der Waals surface area contributed by atoms with E-state index in [0.717, 1.165) is 23.8 Å². The van der Waals surface area contributed by atoms with Crippen molar-refractivity contribution in [2.45, 2.75) is 19.4 Å². The fourth-order valence-corrected chi connectivity index (χ4v) is 4.97. The van der Waals surface area contributed by atoms with Gasteiger partial charge in [0.1, 0.15) is 0 Å². The number of thiophene rings is 1. The SMILES string of the molecule is Cc1nc(CC(O)c2cc(Br)sc2Br)cs1. The fraction of sp³-hybridized carbons (Fsp3) is 0.300. The van der Waals surface area contributed by atoms with E-state index in [0.29, 0.717) is 6.42 Å². The van der Waals surface area contributed by atoms with Gasteiger partial charge in [0.2, 0.25) is 0 Å². The van der Waals surface area contributed by atoms with Crippen LogP contribution in [0.2, 0.25) is 0 Å². The van der Waals surface area contributed by atoms with Gasteiger partial charge in [0.05, 0.1) is 24.4 Å². The number of nitrogens with zero attached hydrogens (tertiary/aromatic N) is 1. The molecule has 86 valence electrons. The third kappa shape index (κ3) is 2.92. The summed E-state index contributed by atoms with van der Waals surface area (Å²) in [4.78, 5) is 4.35. The van der Waals surface area contributed by atoms with Crippen molar-refractivity contribution in [3.8, 4) is 0 Å². The molecule has 2 nitrogen and oxygen atoms in total. The first kappa shape index (κ1) is 12.7. The summed E-state index contributed by atoms with van der Waals surface area (Å²) in [6, 6.07) is 1.94. The van der Waals surface area contributed by atoms with Crippen molar-refractivity contribution in [3.63, 3.8) is 0 Å². The second-order valence-corrected chi connectivity index (χ2v) is 8.17. The van der Waals surface area contributed by atoms with Crippen molar-refractivity contribution in [2.24, 2.45) is 0 Å². The molecule has 2 heterocycles. The predicted octanol–water partition coefficient (Wildman–Crippen LogP) is 4.31. The molecule has 0 aromatic carbocycles. The van der Waals surface area contributed by atoms with Gasteiger partial charge in [0, 0.05) is 17.4 Å². The number of hydrogen-bond acceptors (Lipinski definition) is 4. The molecule has 2 rings (SSSR count). The van der Waals surface area contributed by atoms with E-state index in [2.05, 4.69) is 36.8 Å². The van der Waals surface area contributed by atoms with Crippen molar-refractivity contribution >= 4 is 54.5 Å². The number of rotatable bonds is 3. The largest absolute Gasteiger partial charge is 0.388 e. The lowest BCUT2D eigenvalue weighted by atomic mass is 10.1. The van der Waals surface area contributed by atoms with Crippen LogP contribution in [0.25, 0.3) is 0 Å². The number of halogens is 2. The van der Waals surface area contributed by atoms with Gasteiger partial charge in [0.15, 0.2) is 0 Å². The van der Waals surface area contributed by atoms with Gasteiger partial charge in [-0.15, -0.1) is 22.7 Å². The Kier molecular flexibility index (Phi) is 4.18. The quantitative estimate of drug-likeness (QED) is 0.857. The van der Waals surface area contributed by atoms with Gasteiger partial charge in [-0.3, -0.25) is 0 Å². The highest BCUT2D eigenvalue weighted by Gasteiger charge is 2.16. The molecule has 0 radical (unpaired) electrons. The Morgan fingerprint density at radius 3 is 2.75 bits per heavy atom. The first-order valence-electron chi connectivity index (χ1n) is 4.60. The third-order valence-electron chi connectivity index (χ3n) is 2.11. The van der Waals surface area contributed by atoms with Crippen LogP contribution in [0.5, 0.6) is 0 Å². The lowest BCUT2D eigenvalue weighted by Crippen LogP contribution is -2.01. The summed E-state index contributed by atoms with van der Waals surface area (Å²) in [5.41, 5.74) is 1.87. The van der Waals surface area contributed by atoms with E-state index in [4.69, 9.17) is 0 Å². The normalized spacial score (nSPS) is 13.0. The van der Waals surface area contributed by atoms with E-state index in [9.17, 15) is 5.11 Å². The van der Waals surface area contributed by atoms with E-state index in [1.807, 2.05) is 18.4 Å². The summed E-state index contributed by atoms with van der Waals surface area (Å²) < 4.78 is 1.99. The molecule has 0 amide bonds. The molecule has 0 saturated carbocycles. The van der Waals surface area contributed by atoms with Crippen LogP contribution in [0.3, 0.4) is 0 Å². The molecule has 2 aromatic heterocycles. The molecule has 2 aromatic rings. The number of aryl methyl sites for hydroxylation is 1. The summed E-state index contributed by atoms with van der Waals surface area (Å²) in [7, 11) is 0. The molecule has 0 aliphatic carbocycles. The summed E-state index contributed by atoms with van der Waals surface area (Å²) in [6.07, 6.45) is 0.0602. The fourth-order valence-electron chi connectivity index (χ4n) is 1.39. The molecule has 1 atom stereocenters. The molecule has 16 heavy (non-hydrogen) atoms. The number of hydrogen-bond donors (Lipinski definition) is 1. The number of aromatic nitrogens is 1. The van der Waals surface area contributed by atoms with Crippen LogP contribution < -0.4 is 0 Å². The first-order valence-corrected chi connectivity index (χ1v) is 7.88. The van der Waals surface area contributed by atoms with Crippen LogP contribution in [0.15, 0.2) is 19.0 Å². The zero-order valence-electron chi connectivity index (χ0n) is 8.41. The lowest BCUT2D eigenvalue weighted by molar-refractivity contribution is 0.177. The van der Waals surface area contributed by atoms with Crippen molar-refractivity contribution < 1.29 is 5.11 Å². The van der Waals surface area contributed by atoms with Gasteiger partial charge in [-0.25, -0.2) is 4.98 Å². The highest BCUT2D eigenvalue weighted by molar-refractivity contribution is 9.12. The Balaban J connectivity index is 2.14. The van der Waals surface area contributed by atoms with Gasteiger partial charge < -0.3 is 5.11 Å². The Labute approximate surface area is 119 Å². The highest BCUT2D eigenvalue weighted by atomic mass is 79.9. The summed E-state index contributed by atoms with van der Waals surface area (Å²) in [5.74, 6) is 0. The van der Waals surface area contributed by atoms with Crippen LogP contribution >= 0.6 is 54.5 Å². The minimum absolute atomic E-state index is 0.501. The minimum Gasteiger partial charge on any atom is -0.388 e. The number of aliphatic hydroxyl groups excluding tert-OH is 1. The maximum atomic E-state index is 10.1. The second kappa shape index (κ2) is 5.27. The average molecular weight is 383 g/mol. The van der Waals surface area contributed by atoms with Crippen molar-refractivity contribution in [1.82, 2.24) is 4.98 Å². The molecule has 0 fully saturated rings. The smallest absolute Gasteiger partial charge is 0.0897 e. The number of aliphatic hydroxyl groups is 1. The van der Waals surface area contributed by atoms with Crippen molar-refractivity contribution in [1.29, 1.82) is 0 Å². The topological polar surface area (TPSA) is 33.1 Å². The molecule has 0 aliphatic heterocycles. The van der Waals surface area contributed by atoms with Crippen molar-refractivity contribution in [3.05, 3.63) is 35.3 Å². The van der Waals surface area contributed by atoms with Crippen LogP contribution in [0, 0.1) is 6.92 Å². The van der Waals surface area contributed by atoms with Crippen LogP contribution in [0.4, 0.5) is 0 Å². The zero-order valence-corrected chi connectivity index (χ0v) is 13.2. The van der Waals surface area contributed by atoms with Gasteiger partial charge >= 0.3 is 0 Å². The molecule has 0 saturated heterocycles. The molecule has 6 heteroatoms. The maximum Gasteiger partial charge on any atom is 0.0897 e. The second-order valence-electron chi connectivity index (χ2n) is 3.36. The highest BCUT2D eigenvalue weighted by Crippen LogP contribution is 2.36. The Hall–Kier alpha value is 0.250. The zero-order chi connectivity index (χ0) is 11.7. The van der Waals surface area contributed by atoms with Crippen LogP contribution in [-0.4, -0.2) is 10.1 Å². The van der Waals surface area contributed by atoms with E-state index in [-0.39, 0.29) is 0 Å². The molecule has 1 unspecified atom stereocenters. The maximum absolute atomic E-state index is 10.1. The van der Waals surface area contributed by atoms with Crippen LogP contribution in [0.1, 0.15) is 22.4 Å². The monoisotopic (exact) mass is 381 g/mol. The molecular weight excluding hydrogens is 374 g/mol. The molecule has 0 bridgehead atoms. The van der Waals surface area contributed by atoms with E-state index >= 15 is 0 Å². The minimum atomic E-state index is -0.501. The van der Waals surface area contributed by atoms with E-state index in [1.54, 1.807) is 22.7 Å². The molecular formula is C10H9Br2NOS2. The average Bonchev–Trinajstić information content (AvgIpc) is 2.73. The van der Waals surface area contributed by atoms with Crippen molar-refractivity contribution in [2.75, 3.05) is 0 Å². The Morgan fingerprint density at radius 2 is 2.25 bits per heavy atom. The van der Waals surface area contributed by atoms with Crippen LogP contribution in [-0.2, 0) is 6.42 Å². The van der Waals surface area contributed by atoms with Gasteiger partial charge in [0.25, 0.3) is 0 Å². The van der Waals surface area contributed by atoms with Gasteiger partial charge in [-0.2, -0.15) is 0 Å².